The quantitative estimate of drug-likeness (QED) is 0.821. The van der Waals surface area contributed by atoms with Gasteiger partial charge in [0.25, 0.3) is 0 Å². The SMILES string of the molecule is CCCCOc1ccc2c(c1)OC1(C=C2)CCN(CCN)C1. The molecule has 2 aliphatic heterocycles. The second kappa shape index (κ2) is 6.71. The molecule has 1 unspecified atom stereocenters. The highest BCUT2D eigenvalue weighted by atomic mass is 16.5. The van der Waals surface area contributed by atoms with E-state index in [9.17, 15) is 0 Å². The Hall–Kier alpha value is -1.52. The van der Waals surface area contributed by atoms with Crippen LogP contribution in [-0.2, 0) is 0 Å². The van der Waals surface area contributed by atoms with E-state index in [1.54, 1.807) is 0 Å². The first-order valence-electron chi connectivity index (χ1n) is 8.32. The van der Waals surface area contributed by atoms with Crippen molar-refractivity contribution in [2.24, 2.45) is 5.73 Å². The van der Waals surface area contributed by atoms with Gasteiger partial charge in [-0.05, 0) is 24.6 Å². The lowest BCUT2D eigenvalue weighted by Gasteiger charge is -2.31. The van der Waals surface area contributed by atoms with E-state index in [1.165, 1.54) is 0 Å². The summed E-state index contributed by atoms with van der Waals surface area (Å²) in [5, 5.41) is 0. The Kier molecular flexibility index (Phi) is 4.69. The summed E-state index contributed by atoms with van der Waals surface area (Å²) in [6.45, 7) is 6.53. The molecule has 22 heavy (non-hydrogen) atoms. The van der Waals surface area contributed by atoms with Gasteiger partial charge in [-0.3, -0.25) is 4.90 Å². The monoisotopic (exact) mass is 302 g/mol. The van der Waals surface area contributed by atoms with Gasteiger partial charge >= 0.3 is 0 Å². The maximum Gasteiger partial charge on any atom is 0.141 e. The smallest absolute Gasteiger partial charge is 0.141 e. The first kappa shape index (κ1) is 15.4. The van der Waals surface area contributed by atoms with Gasteiger partial charge in [-0.25, -0.2) is 0 Å². The van der Waals surface area contributed by atoms with Crippen LogP contribution in [0.15, 0.2) is 24.3 Å². The number of likely N-dealkylation sites (tertiary alicyclic amines) is 1. The van der Waals surface area contributed by atoms with Crippen LogP contribution in [0, 0.1) is 0 Å². The summed E-state index contributed by atoms with van der Waals surface area (Å²) in [4.78, 5) is 2.37. The van der Waals surface area contributed by atoms with Crippen LogP contribution in [-0.4, -0.2) is 43.3 Å². The van der Waals surface area contributed by atoms with Crippen LogP contribution >= 0.6 is 0 Å². The van der Waals surface area contributed by atoms with Crippen molar-refractivity contribution < 1.29 is 9.47 Å². The number of benzene rings is 1. The molecule has 4 heteroatoms. The van der Waals surface area contributed by atoms with Crippen LogP contribution < -0.4 is 15.2 Å². The fourth-order valence-electron chi connectivity index (χ4n) is 3.14. The lowest BCUT2D eigenvalue weighted by atomic mass is 9.97. The normalized spacial score (nSPS) is 23.5. The van der Waals surface area contributed by atoms with Crippen LogP contribution in [0.5, 0.6) is 11.5 Å². The molecule has 0 bridgehead atoms. The van der Waals surface area contributed by atoms with Crippen molar-refractivity contribution in [1.29, 1.82) is 0 Å². The Labute approximate surface area is 132 Å². The van der Waals surface area contributed by atoms with Gasteiger partial charge in [-0.2, -0.15) is 0 Å². The van der Waals surface area contributed by atoms with Gasteiger partial charge in [-0.1, -0.05) is 19.4 Å². The van der Waals surface area contributed by atoms with E-state index in [0.29, 0.717) is 6.54 Å². The van der Waals surface area contributed by atoms with E-state index in [0.717, 1.165) is 62.6 Å². The Bertz CT molecular complexity index is 544. The van der Waals surface area contributed by atoms with Crippen molar-refractivity contribution >= 4 is 6.08 Å². The van der Waals surface area contributed by atoms with Crippen LogP contribution in [0.1, 0.15) is 31.7 Å². The molecule has 1 fully saturated rings. The maximum atomic E-state index is 6.35. The van der Waals surface area contributed by atoms with E-state index in [2.05, 4.69) is 30.0 Å². The summed E-state index contributed by atoms with van der Waals surface area (Å²) in [6, 6.07) is 6.13. The van der Waals surface area contributed by atoms with Crippen LogP contribution in [0.25, 0.3) is 6.08 Å². The Morgan fingerprint density at radius 1 is 1.41 bits per heavy atom. The molecule has 2 heterocycles. The third kappa shape index (κ3) is 3.28. The number of ether oxygens (including phenoxy) is 2. The molecule has 2 aliphatic rings. The van der Waals surface area contributed by atoms with Gasteiger partial charge in [0.15, 0.2) is 0 Å². The predicted octanol–water partition coefficient (Wildman–Crippen LogP) is 2.67. The molecule has 0 radical (unpaired) electrons. The fourth-order valence-corrected chi connectivity index (χ4v) is 3.14. The van der Waals surface area contributed by atoms with Gasteiger partial charge in [-0.15, -0.1) is 0 Å². The zero-order valence-electron chi connectivity index (χ0n) is 13.4. The second-order valence-electron chi connectivity index (χ2n) is 6.22. The van der Waals surface area contributed by atoms with Crippen molar-refractivity contribution in [3.63, 3.8) is 0 Å². The molecule has 1 saturated heterocycles. The molecule has 1 aromatic rings. The largest absolute Gasteiger partial charge is 0.493 e. The third-order valence-corrected chi connectivity index (χ3v) is 4.42. The van der Waals surface area contributed by atoms with E-state index in [1.807, 2.05) is 12.1 Å². The van der Waals surface area contributed by atoms with Crippen molar-refractivity contribution in [1.82, 2.24) is 4.90 Å². The molecule has 120 valence electrons. The number of fused-ring (bicyclic) bond motifs is 1. The molecule has 2 N–H and O–H groups in total. The lowest BCUT2D eigenvalue weighted by Crippen LogP contribution is -2.39. The molecule has 1 spiro atoms. The summed E-state index contributed by atoms with van der Waals surface area (Å²) < 4.78 is 12.1. The summed E-state index contributed by atoms with van der Waals surface area (Å²) in [5.74, 6) is 1.83. The molecule has 0 amide bonds. The second-order valence-corrected chi connectivity index (χ2v) is 6.22. The predicted molar refractivity (Wildman–Crippen MR) is 89.3 cm³/mol. The molecule has 0 saturated carbocycles. The van der Waals surface area contributed by atoms with Crippen LogP contribution in [0.3, 0.4) is 0 Å². The van der Waals surface area contributed by atoms with Gasteiger partial charge in [0.1, 0.15) is 17.1 Å². The summed E-state index contributed by atoms with van der Waals surface area (Å²) in [5.41, 5.74) is 6.60. The van der Waals surface area contributed by atoms with Crippen molar-refractivity contribution in [3.8, 4) is 11.5 Å². The molecule has 0 aliphatic carbocycles. The Morgan fingerprint density at radius 2 is 2.32 bits per heavy atom. The van der Waals surface area contributed by atoms with E-state index < -0.39 is 0 Å². The molecule has 1 aromatic carbocycles. The minimum Gasteiger partial charge on any atom is -0.493 e. The number of rotatable bonds is 6. The van der Waals surface area contributed by atoms with Gasteiger partial charge in [0.2, 0.25) is 0 Å². The summed E-state index contributed by atoms with van der Waals surface area (Å²) >= 11 is 0. The number of unbranched alkanes of at least 4 members (excludes halogenated alkanes) is 1. The Morgan fingerprint density at radius 3 is 3.14 bits per heavy atom. The Balaban J connectivity index is 1.70. The zero-order valence-corrected chi connectivity index (χ0v) is 13.4. The topological polar surface area (TPSA) is 47.7 Å². The highest BCUT2D eigenvalue weighted by Gasteiger charge is 2.39. The highest BCUT2D eigenvalue weighted by Crippen LogP contribution is 2.38. The van der Waals surface area contributed by atoms with E-state index in [-0.39, 0.29) is 5.60 Å². The molecular weight excluding hydrogens is 276 g/mol. The zero-order chi connectivity index (χ0) is 15.4. The van der Waals surface area contributed by atoms with Gasteiger partial charge < -0.3 is 15.2 Å². The van der Waals surface area contributed by atoms with E-state index >= 15 is 0 Å². The van der Waals surface area contributed by atoms with E-state index in [4.69, 9.17) is 15.2 Å². The van der Waals surface area contributed by atoms with Crippen LogP contribution in [0.2, 0.25) is 0 Å². The maximum absolute atomic E-state index is 6.35. The molecule has 3 rings (SSSR count). The third-order valence-electron chi connectivity index (χ3n) is 4.42. The number of nitrogens with two attached hydrogens (primary N) is 1. The summed E-state index contributed by atoms with van der Waals surface area (Å²) in [6.07, 6.45) is 7.63. The minimum atomic E-state index is -0.190. The van der Waals surface area contributed by atoms with Crippen molar-refractivity contribution in [2.45, 2.75) is 31.8 Å². The molecular formula is C18H26N2O2. The number of nitrogens with zero attached hydrogens (tertiary/aromatic N) is 1. The first-order chi connectivity index (χ1) is 10.7. The standard InChI is InChI=1S/C18H26N2O2/c1-2-3-12-21-16-5-4-15-6-7-18(22-17(15)13-16)8-10-20(14-18)11-9-19/h4-7,13H,2-3,8-12,14,19H2,1H3. The molecule has 0 aromatic heterocycles. The first-order valence-corrected chi connectivity index (χ1v) is 8.32. The highest BCUT2D eigenvalue weighted by molar-refractivity contribution is 5.63. The van der Waals surface area contributed by atoms with Crippen LogP contribution in [0.4, 0.5) is 0 Å². The number of hydrogen-bond donors (Lipinski definition) is 1. The van der Waals surface area contributed by atoms with Gasteiger partial charge in [0.05, 0.1) is 6.61 Å². The van der Waals surface area contributed by atoms with Gasteiger partial charge in [0, 0.05) is 44.2 Å². The van der Waals surface area contributed by atoms with Crippen molar-refractivity contribution in [3.05, 3.63) is 29.8 Å². The fraction of sp³-hybridized carbons (Fsp3) is 0.556. The molecule has 4 nitrogen and oxygen atoms in total. The average Bonchev–Trinajstić information content (AvgIpc) is 2.90. The molecule has 1 atom stereocenters. The minimum absolute atomic E-state index is 0.190. The van der Waals surface area contributed by atoms with Crippen molar-refractivity contribution in [2.75, 3.05) is 32.8 Å². The lowest BCUT2D eigenvalue weighted by molar-refractivity contribution is 0.123. The average molecular weight is 302 g/mol. The summed E-state index contributed by atoms with van der Waals surface area (Å²) in [7, 11) is 0. The number of hydrogen-bond acceptors (Lipinski definition) is 4.